The van der Waals surface area contributed by atoms with E-state index in [1.165, 1.54) is 30.3 Å². The summed E-state index contributed by atoms with van der Waals surface area (Å²) in [5.74, 6) is -0.233. The lowest BCUT2D eigenvalue weighted by atomic mass is 10.2. The van der Waals surface area contributed by atoms with Gasteiger partial charge in [0, 0.05) is 25.2 Å². The van der Waals surface area contributed by atoms with Gasteiger partial charge >= 0.3 is 0 Å². The molecule has 0 aliphatic carbocycles. The highest BCUT2D eigenvalue weighted by Crippen LogP contribution is 2.10. The summed E-state index contributed by atoms with van der Waals surface area (Å²) in [6, 6.07) is 5.77. The number of benzene rings is 1. The maximum Gasteiger partial charge on any atom is 0.251 e. The Morgan fingerprint density at radius 1 is 1.25 bits per heavy atom. The Labute approximate surface area is 119 Å². The van der Waals surface area contributed by atoms with Crippen LogP contribution in [0.2, 0.25) is 0 Å². The fourth-order valence-corrected chi connectivity index (χ4v) is 2.44. The van der Waals surface area contributed by atoms with Crippen molar-refractivity contribution in [1.29, 1.82) is 0 Å². The van der Waals surface area contributed by atoms with Gasteiger partial charge in [-0.05, 0) is 31.3 Å². The number of sulfonamides is 1. The summed E-state index contributed by atoms with van der Waals surface area (Å²) >= 11 is 0. The van der Waals surface area contributed by atoms with Gasteiger partial charge in [0.15, 0.2) is 0 Å². The quantitative estimate of drug-likeness (QED) is 0.469. The van der Waals surface area contributed by atoms with Gasteiger partial charge in [0.2, 0.25) is 10.0 Å². The van der Waals surface area contributed by atoms with Crippen molar-refractivity contribution in [2.24, 2.45) is 0 Å². The molecule has 1 aromatic carbocycles. The Bertz CT molecular complexity index is 553. The molecule has 0 radical (unpaired) electrons. The van der Waals surface area contributed by atoms with Gasteiger partial charge < -0.3 is 10.6 Å². The summed E-state index contributed by atoms with van der Waals surface area (Å²) in [6.07, 6.45) is 1.46. The first-order chi connectivity index (χ1) is 9.51. The van der Waals surface area contributed by atoms with Crippen molar-refractivity contribution in [2.45, 2.75) is 4.90 Å². The topological polar surface area (TPSA) is 87.3 Å². The first-order valence-corrected chi connectivity index (χ1v) is 7.63. The van der Waals surface area contributed by atoms with Crippen LogP contribution >= 0.6 is 0 Å². The Balaban J connectivity index is 2.73. The van der Waals surface area contributed by atoms with Gasteiger partial charge in [-0.2, -0.15) is 0 Å². The van der Waals surface area contributed by atoms with Crippen molar-refractivity contribution in [3.63, 3.8) is 0 Å². The second kappa shape index (κ2) is 7.78. The largest absolute Gasteiger partial charge is 0.351 e. The van der Waals surface area contributed by atoms with Gasteiger partial charge in [0.1, 0.15) is 0 Å². The monoisotopic (exact) mass is 297 g/mol. The lowest BCUT2D eigenvalue weighted by Crippen LogP contribution is -2.30. The van der Waals surface area contributed by atoms with Crippen molar-refractivity contribution in [3.8, 4) is 0 Å². The molecule has 1 aromatic rings. The molecule has 20 heavy (non-hydrogen) atoms. The Morgan fingerprint density at radius 3 is 2.45 bits per heavy atom. The molecule has 110 valence electrons. The third-order valence-electron chi connectivity index (χ3n) is 2.51. The molecule has 0 aliphatic heterocycles. The Kier molecular flexibility index (Phi) is 6.37. The molecule has 0 aromatic heterocycles. The van der Waals surface area contributed by atoms with Crippen LogP contribution in [0.1, 0.15) is 10.4 Å². The standard InChI is InChI=1S/C13H19N3O3S/c1-3-8-16-20(18,19)12-6-4-11(5-7-12)13(17)15-10-9-14-2/h3-7,14,16H,1,8-10H2,2H3,(H,15,17). The SMILES string of the molecule is C=CCNS(=O)(=O)c1ccc(C(=O)NCCNC)cc1. The smallest absolute Gasteiger partial charge is 0.251 e. The zero-order valence-electron chi connectivity index (χ0n) is 11.3. The minimum absolute atomic E-state index is 0.117. The molecular formula is C13H19N3O3S. The minimum atomic E-state index is -3.55. The van der Waals surface area contributed by atoms with E-state index in [2.05, 4.69) is 21.9 Å². The van der Waals surface area contributed by atoms with Crippen LogP contribution in [-0.2, 0) is 10.0 Å². The van der Waals surface area contributed by atoms with E-state index in [9.17, 15) is 13.2 Å². The molecule has 0 aliphatic rings. The molecule has 6 nitrogen and oxygen atoms in total. The summed E-state index contributed by atoms with van der Waals surface area (Å²) in [7, 11) is -1.76. The van der Waals surface area contributed by atoms with Crippen LogP contribution in [0, 0.1) is 0 Å². The molecule has 1 amide bonds. The van der Waals surface area contributed by atoms with E-state index < -0.39 is 10.0 Å². The van der Waals surface area contributed by atoms with Crippen LogP contribution in [0.4, 0.5) is 0 Å². The van der Waals surface area contributed by atoms with Gasteiger partial charge in [-0.25, -0.2) is 13.1 Å². The van der Waals surface area contributed by atoms with E-state index in [1.54, 1.807) is 7.05 Å². The molecule has 0 saturated carbocycles. The molecular weight excluding hydrogens is 278 g/mol. The molecule has 0 heterocycles. The number of rotatable bonds is 8. The minimum Gasteiger partial charge on any atom is -0.351 e. The van der Waals surface area contributed by atoms with Gasteiger partial charge in [-0.15, -0.1) is 6.58 Å². The summed E-state index contributed by atoms with van der Waals surface area (Å²) in [6.45, 7) is 4.79. The normalized spacial score (nSPS) is 11.1. The highest BCUT2D eigenvalue weighted by atomic mass is 32.2. The number of hydrogen-bond donors (Lipinski definition) is 3. The zero-order valence-corrected chi connectivity index (χ0v) is 12.2. The van der Waals surface area contributed by atoms with E-state index in [4.69, 9.17) is 0 Å². The molecule has 0 saturated heterocycles. The summed E-state index contributed by atoms with van der Waals surface area (Å²) in [5, 5.41) is 5.63. The first-order valence-electron chi connectivity index (χ1n) is 6.14. The second-order valence-corrected chi connectivity index (χ2v) is 5.79. The van der Waals surface area contributed by atoms with Crippen LogP contribution < -0.4 is 15.4 Å². The Hall–Kier alpha value is -1.70. The van der Waals surface area contributed by atoms with Gasteiger partial charge in [-0.1, -0.05) is 6.08 Å². The third-order valence-corrected chi connectivity index (χ3v) is 3.94. The van der Waals surface area contributed by atoms with Crippen LogP contribution in [0.3, 0.4) is 0 Å². The number of carbonyl (C=O) groups excluding carboxylic acids is 1. The van der Waals surface area contributed by atoms with Gasteiger partial charge in [0.05, 0.1) is 4.90 Å². The highest BCUT2D eigenvalue weighted by Gasteiger charge is 2.13. The van der Waals surface area contributed by atoms with E-state index in [-0.39, 0.29) is 17.3 Å². The first kappa shape index (κ1) is 16.4. The van der Waals surface area contributed by atoms with Gasteiger partial charge in [-0.3, -0.25) is 4.79 Å². The van der Waals surface area contributed by atoms with Crippen molar-refractivity contribution >= 4 is 15.9 Å². The molecule has 7 heteroatoms. The average Bonchev–Trinajstić information content (AvgIpc) is 2.45. The number of likely N-dealkylation sites (N-methyl/N-ethyl adjacent to an activating group) is 1. The molecule has 0 fully saturated rings. The zero-order chi connectivity index (χ0) is 15.0. The number of amides is 1. The summed E-state index contributed by atoms with van der Waals surface area (Å²) in [5.41, 5.74) is 0.420. The van der Waals surface area contributed by atoms with E-state index in [1.807, 2.05) is 0 Å². The summed E-state index contributed by atoms with van der Waals surface area (Å²) in [4.78, 5) is 11.9. The Morgan fingerprint density at radius 2 is 1.90 bits per heavy atom. The van der Waals surface area contributed by atoms with Crippen molar-refractivity contribution < 1.29 is 13.2 Å². The van der Waals surface area contributed by atoms with Crippen molar-refractivity contribution in [2.75, 3.05) is 26.7 Å². The van der Waals surface area contributed by atoms with Gasteiger partial charge in [0.25, 0.3) is 5.91 Å². The van der Waals surface area contributed by atoms with Crippen molar-refractivity contribution in [3.05, 3.63) is 42.5 Å². The van der Waals surface area contributed by atoms with Crippen LogP contribution in [0.5, 0.6) is 0 Å². The molecule has 0 unspecified atom stereocenters. The predicted molar refractivity (Wildman–Crippen MR) is 78.1 cm³/mol. The predicted octanol–water partition coefficient (Wildman–Crippen LogP) is 0.100. The highest BCUT2D eigenvalue weighted by molar-refractivity contribution is 7.89. The van der Waals surface area contributed by atoms with Crippen LogP contribution in [0.25, 0.3) is 0 Å². The maximum atomic E-state index is 11.8. The molecule has 0 bridgehead atoms. The fraction of sp³-hybridized carbons (Fsp3) is 0.308. The van der Waals surface area contributed by atoms with Crippen LogP contribution in [0.15, 0.2) is 41.8 Å². The average molecular weight is 297 g/mol. The lowest BCUT2D eigenvalue weighted by molar-refractivity contribution is 0.0954. The molecule has 3 N–H and O–H groups in total. The number of carbonyl (C=O) groups is 1. The van der Waals surface area contributed by atoms with Crippen molar-refractivity contribution in [1.82, 2.24) is 15.4 Å². The molecule has 0 atom stereocenters. The fourth-order valence-electron chi connectivity index (χ4n) is 1.44. The third kappa shape index (κ3) is 4.76. The molecule has 0 spiro atoms. The van der Waals surface area contributed by atoms with E-state index in [0.29, 0.717) is 18.7 Å². The number of nitrogens with one attached hydrogen (secondary N) is 3. The number of hydrogen-bond acceptors (Lipinski definition) is 4. The molecule has 1 rings (SSSR count). The second-order valence-electron chi connectivity index (χ2n) is 4.02. The lowest BCUT2D eigenvalue weighted by Gasteiger charge is -2.07. The van der Waals surface area contributed by atoms with E-state index in [0.717, 1.165) is 0 Å². The summed E-state index contributed by atoms with van der Waals surface area (Å²) < 4.78 is 26.0. The maximum absolute atomic E-state index is 11.8. The van der Waals surface area contributed by atoms with E-state index >= 15 is 0 Å². The van der Waals surface area contributed by atoms with Crippen LogP contribution in [-0.4, -0.2) is 41.0 Å².